The molecule has 2 aromatic heterocycles. The van der Waals surface area contributed by atoms with Gasteiger partial charge >= 0.3 is 0 Å². The number of nitrogens with zero attached hydrogens (tertiary/aromatic N) is 3. The predicted molar refractivity (Wildman–Crippen MR) is 95.8 cm³/mol. The van der Waals surface area contributed by atoms with Crippen molar-refractivity contribution in [1.29, 1.82) is 0 Å². The second-order valence-corrected chi connectivity index (χ2v) is 6.69. The highest BCUT2D eigenvalue weighted by Gasteiger charge is 2.22. The lowest BCUT2D eigenvalue weighted by Gasteiger charge is -2.20. The van der Waals surface area contributed by atoms with Crippen LogP contribution in [0.15, 0.2) is 0 Å². The fourth-order valence-electron chi connectivity index (χ4n) is 3.28. The first kappa shape index (κ1) is 17.5. The molecule has 1 aliphatic rings. The van der Waals surface area contributed by atoms with Crippen molar-refractivity contribution < 1.29 is 5.48 Å². The Morgan fingerprint density at radius 2 is 2.09 bits per heavy atom. The van der Waals surface area contributed by atoms with E-state index in [4.69, 9.17) is 10.7 Å². The molecule has 0 radical (unpaired) electrons. The van der Waals surface area contributed by atoms with Crippen LogP contribution in [0.25, 0.3) is 11.0 Å². The zero-order valence-corrected chi connectivity index (χ0v) is 14.4. The minimum Gasteiger partial charge on any atom is -0.412 e. The largest absolute Gasteiger partial charge is 0.412 e. The third kappa shape index (κ3) is 3.27. The van der Waals surface area contributed by atoms with Crippen LogP contribution in [-0.2, 0) is 19.4 Å². The maximum Gasteiger partial charge on any atom is 0.154 e. The summed E-state index contributed by atoms with van der Waals surface area (Å²) in [6, 6.07) is 0. The molecule has 6 heteroatoms. The molecule has 0 saturated carbocycles. The first-order chi connectivity index (χ1) is 10.6. The fourth-order valence-corrected chi connectivity index (χ4v) is 3.28. The molecule has 2 aromatic rings. The van der Waals surface area contributed by atoms with Gasteiger partial charge in [0, 0.05) is 25.1 Å². The van der Waals surface area contributed by atoms with E-state index in [1.54, 1.807) is 0 Å². The number of aromatic nitrogens is 3. The van der Waals surface area contributed by atoms with Gasteiger partial charge in [-0.25, -0.2) is 9.97 Å². The van der Waals surface area contributed by atoms with Crippen LogP contribution in [0.1, 0.15) is 51.4 Å². The van der Waals surface area contributed by atoms with Gasteiger partial charge < -0.3 is 21.1 Å². The average molecular weight is 319 g/mol. The second kappa shape index (κ2) is 7.17. The van der Waals surface area contributed by atoms with E-state index in [9.17, 15) is 0 Å². The van der Waals surface area contributed by atoms with Crippen LogP contribution in [0.3, 0.4) is 0 Å². The second-order valence-electron chi connectivity index (χ2n) is 6.69. The quantitative estimate of drug-likeness (QED) is 0.884. The van der Waals surface area contributed by atoms with Crippen LogP contribution in [0.4, 0.5) is 11.6 Å². The summed E-state index contributed by atoms with van der Waals surface area (Å²) >= 11 is 0. The Kier molecular flexibility index (Phi) is 5.46. The Bertz CT molecular complexity index is 677. The number of pyridine rings is 1. The number of nitrogens with one attached hydrogen (secondary N) is 1. The van der Waals surface area contributed by atoms with E-state index in [0.29, 0.717) is 11.7 Å². The Hall–Kier alpha value is -1.82. The average Bonchev–Trinajstić information content (AvgIpc) is 2.84. The molecule has 0 aromatic carbocycles. The van der Waals surface area contributed by atoms with Gasteiger partial charge in [0.05, 0.1) is 5.52 Å². The Morgan fingerprint density at radius 1 is 1.30 bits per heavy atom. The summed E-state index contributed by atoms with van der Waals surface area (Å²) in [5.41, 5.74) is 9.61. The van der Waals surface area contributed by atoms with Gasteiger partial charge in [-0.15, -0.1) is 0 Å². The normalized spacial score (nSPS) is 13.7. The molecule has 0 bridgehead atoms. The van der Waals surface area contributed by atoms with E-state index in [1.165, 1.54) is 17.5 Å². The number of nitrogen functional groups attached to an aromatic ring is 1. The molecule has 0 saturated heterocycles. The molecule has 1 aliphatic heterocycles. The molecule has 0 unspecified atom stereocenters. The topological polar surface area (TPSA) is 100 Å². The van der Waals surface area contributed by atoms with Gasteiger partial charge in [-0.05, 0) is 25.2 Å². The molecule has 0 spiro atoms. The van der Waals surface area contributed by atoms with Crippen molar-refractivity contribution in [2.24, 2.45) is 5.92 Å². The summed E-state index contributed by atoms with van der Waals surface area (Å²) in [5, 5.41) is 3.40. The molecule has 0 fully saturated rings. The SMILES string of the molecule is CCCCc1nc2c(N)nc3c(c2n1CC(C)C)CCCN3.O. The van der Waals surface area contributed by atoms with Crippen molar-refractivity contribution in [3.8, 4) is 0 Å². The van der Waals surface area contributed by atoms with E-state index in [2.05, 4.69) is 35.6 Å². The molecular weight excluding hydrogens is 290 g/mol. The van der Waals surface area contributed by atoms with Gasteiger partial charge in [0.1, 0.15) is 17.2 Å². The molecule has 3 rings (SSSR count). The standard InChI is InChI=1S/C17H27N5.H2O/c1-4-5-8-13-20-14-15(22(13)10-11(2)3)12-7-6-9-19-17(12)21-16(14)18;/h11H,4-10H2,1-3H3,(H3,18,19,21);1H2. The van der Waals surface area contributed by atoms with Crippen LogP contribution < -0.4 is 11.1 Å². The summed E-state index contributed by atoms with van der Waals surface area (Å²) in [6.45, 7) is 8.70. The first-order valence-corrected chi connectivity index (χ1v) is 8.53. The fraction of sp³-hybridized carbons (Fsp3) is 0.647. The van der Waals surface area contributed by atoms with Crippen molar-refractivity contribution >= 4 is 22.7 Å². The van der Waals surface area contributed by atoms with E-state index in [1.807, 2.05) is 0 Å². The molecule has 3 heterocycles. The number of hydrogen-bond acceptors (Lipinski definition) is 4. The van der Waals surface area contributed by atoms with Gasteiger partial charge in [0.25, 0.3) is 0 Å². The molecule has 0 amide bonds. The number of hydrogen-bond donors (Lipinski definition) is 2. The Morgan fingerprint density at radius 3 is 2.78 bits per heavy atom. The molecule has 0 atom stereocenters. The van der Waals surface area contributed by atoms with Gasteiger partial charge in [0.2, 0.25) is 0 Å². The highest BCUT2D eigenvalue weighted by Crippen LogP contribution is 2.33. The molecule has 128 valence electrons. The molecule has 23 heavy (non-hydrogen) atoms. The molecule has 0 aliphatic carbocycles. The van der Waals surface area contributed by atoms with Crippen molar-refractivity contribution in [2.75, 3.05) is 17.6 Å². The van der Waals surface area contributed by atoms with Gasteiger partial charge in [-0.3, -0.25) is 0 Å². The van der Waals surface area contributed by atoms with E-state index in [-0.39, 0.29) is 5.48 Å². The highest BCUT2D eigenvalue weighted by molar-refractivity contribution is 5.91. The molecule has 5 N–H and O–H groups in total. The number of unbranched alkanes of at least 4 members (excludes halogenated alkanes) is 1. The van der Waals surface area contributed by atoms with E-state index in [0.717, 1.165) is 55.9 Å². The lowest BCUT2D eigenvalue weighted by Crippen LogP contribution is -2.17. The van der Waals surface area contributed by atoms with E-state index < -0.39 is 0 Å². The van der Waals surface area contributed by atoms with Gasteiger partial charge in [-0.1, -0.05) is 27.2 Å². The Labute approximate surface area is 137 Å². The van der Waals surface area contributed by atoms with Crippen molar-refractivity contribution in [2.45, 2.75) is 59.4 Å². The van der Waals surface area contributed by atoms with E-state index >= 15 is 0 Å². The Balaban J connectivity index is 0.00000192. The van der Waals surface area contributed by atoms with Crippen LogP contribution in [0, 0.1) is 5.92 Å². The minimum atomic E-state index is 0. The molecule has 6 nitrogen and oxygen atoms in total. The van der Waals surface area contributed by atoms with Crippen LogP contribution in [-0.4, -0.2) is 26.6 Å². The maximum absolute atomic E-state index is 6.20. The first-order valence-electron chi connectivity index (χ1n) is 8.53. The maximum atomic E-state index is 6.20. The summed E-state index contributed by atoms with van der Waals surface area (Å²) in [6.07, 6.45) is 5.56. The summed E-state index contributed by atoms with van der Waals surface area (Å²) in [7, 11) is 0. The highest BCUT2D eigenvalue weighted by atomic mass is 16.0. The predicted octanol–water partition coefficient (Wildman–Crippen LogP) is 2.55. The third-order valence-corrected chi connectivity index (χ3v) is 4.29. The van der Waals surface area contributed by atoms with Crippen molar-refractivity contribution in [1.82, 2.24) is 14.5 Å². The van der Waals surface area contributed by atoms with Crippen molar-refractivity contribution in [3.63, 3.8) is 0 Å². The number of anilines is 2. The smallest absolute Gasteiger partial charge is 0.154 e. The molecular formula is C17H29N5O. The number of fused-ring (bicyclic) bond motifs is 3. The summed E-state index contributed by atoms with van der Waals surface area (Å²) in [5.74, 6) is 3.27. The lowest BCUT2D eigenvalue weighted by atomic mass is 10.0. The van der Waals surface area contributed by atoms with Crippen LogP contribution in [0.5, 0.6) is 0 Å². The summed E-state index contributed by atoms with van der Waals surface area (Å²) < 4.78 is 2.40. The van der Waals surface area contributed by atoms with Crippen LogP contribution in [0.2, 0.25) is 0 Å². The minimum absolute atomic E-state index is 0. The summed E-state index contributed by atoms with van der Waals surface area (Å²) in [4.78, 5) is 9.41. The van der Waals surface area contributed by atoms with Crippen molar-refractivity contribution in [3.05, 3.63) is 11.4 Å². The number of imidazole rings is 1. The third-order valence-electron chi connectivity index (χ3n) is 4.29. The lowest BCUT2D eigenvalue weighted by molar-refractivity contribution is 0.512. The number of nitrogens with two attached hydrogens (primary N) is 1. The number of aryl methyl sites for hydroxylation is 2. The zero-order chi connectivity index (χ0) is 15.7. The van der Waals surface area contributed by atoms with Gasteiger partial charge in [-0.2, -0.15) is 0 Å². The monoisotopic (exact) mass is 319 g/mol. The zero-order valence-electron chi connectivity index (χ0n) is 14.4. The number of rotatable bonds is 5. The van der Waals surface area contributed by atoms with Gasteiger partial charge in [0.15, 0.2) is 5.82 Å². The van der Waals surface area contributed by atoms with Crippen LogP contribution >= 0.6 is 0 Å².